The van der Waals surface area contributed by atoms with E-state index in [2.05, 4.69) is 0 Å². The molecule has 156 valence electrons. The van der Waals surface area contributed by atoms with Gasteiger partial charge in [0, 0.05) is 30.3 Å². The van der Waals surface area contributed by atoms with Crippen molar-refractivity contribution < 1.29 is 14.6 Å². The van der Waals surface area contributed by atoms with Crippen LogP contribution in [0.4, 0.5) is 22.7 Å². The zero-order chi connectivity index (χ0) is 22.1. The molecule has 1 atom stereocenters. The summed E-state index contributed by atoms with van der Waals surface area (Å²) < 4.78 is 6.49. The van der Waals surface area contributed by atoms with Crippen molar-refractivity contribution in [3.05, 3.63) is 74.3 Å². The summed E-state index contributed by atoms with van der Waals surface area (Å²) in [5.74, 6) is 0.301. The largest absolute Gasteiger partial charge is 0.459 e. The number of nitro benzene ring substituents is 2. The number of aliphatic imine (C=N–C) groups is 1. The summed E-state index contributed by atoms with van der Waals surface area (Å²) in [6.07, 6.45) is 1.69. The van der Waals surface area contributed by atoms with E-state index < -0.39 is 21.0 Å². The molecule has 0 radical (unpaired) electrons. The molecule has 0 saturated carbocycles. The summed E-state index contributed by atoms with van der Waals surface area (Å²) in [6.45, 7) is 3.84. The molecular weight excluding hydrogens is 400 g/mol. The predicted octanol–water partition coefficient (Wildman–Crippen LogP) is 4.87. The molecule has 0 saturated heterocycles. The van der Waals surface area contributed by atoms with Gasteiger partial charge in [0.05, 0.1) is 32.9 Å². The van der Waals surface area contributed by atoms with Gasteiger partial charge in [-0.1, -0.05) is 18.2 Å². The van der Waals surface area contributed by atoms with Gasteiger partial charge in [0.15, 0.2) is 5.75 Å². The average Bonchev–Trinajstić information content (AvgIpc) is 2.91. The van der Waals surface area contributed by atoms with Crippen molar-refractivity contribution in [2.75, 3.05) is 11.9 Å². The van der Waals surface area contributed by atoms with Gasteiger partial charge in [-0.05, 0) is 31.5 Å². The van der Waals surface area contributed by atoms with Crippen LogP contribution in [0.5, 0.6) is 5.75 Å². The van der Waals surface area contributed by atoms with Crippen LogP contribution in [0.25, 0.3) is 10.8 Å². The summed E-state index contributed by atoms with van der Waals surface area (Å²) in [6, 6.07) is 13.1. The third kappa shape index (κ3) is 2.34. The fourth-order valence-electron chi connectivity index (χ4n) is 4.69. The van der Waals surface area contributed by atoms with Crippen LogP contribution in [0.2, 0.25) is 0 Å². The Bertz CT molecular complexity index is 1330. The number of ether oxygens (including phenoxy) is 1. The first kappa shape index (κ1) is 19.0. The van der Waals surface area contributed by atoms with Gasteiger partial charge in [-0.25, -0.2) is 0 Å². The van der Waals surface area contributed by atoms with E-state index >= 15 is 0 Å². The SMILES string of the molecule is CN1c2ccc([N+](=O)[O-])cc2C(C)(C)C12C=Nc1c(cc([N+](=O)[O-])c3ccccc13)O2. The maximum absolute atomic E-state index is 11.7. The van der Waals surface area contributed by atoms with Crippen LogP contribution in [0.15, 0.2) is 53.5 Å². The molecule has 2 aliphatic heterocycles. The number of hydrogen-bond acceptors (Lipinski definition) is 7. The first-order valence-electron chi connectivity index (χ1n) is 9.64. The predicted molar refractivity (Wildman–Crippen MR) is 117 cm³/mol. The van der Waals surface area contributed by atoms with Crippen molar-refractivity contribution in [2.45, 2.75) is 25.0 Å². The van der Waals surface area contributed by atoms with Gasteiger partial charge < -0.3 is 9.64 Å². The lowest BCUT2D eigenvalue weighted by Gasteiger charge is -2.44. The lowest BCUT2D eigenvalue weighted by atomic mass is 9.77. The van der Waals surface area contributed by atoms with E-state index in [0.717, 1.165) is 11.3 Å². The number of nitrogens with zero attached hydrogens (tertiary/aromatic N) is 4. The highest BCUT2D eigenvalue weighted by Gasteiger charge is 2.59. The van der Waals surface area contributed by atoms with Gasteiger partial charge in [-0.3, -0.25) is 25.2 Å². The summed E-state index contributed by atoms with van der Waals surface area (Å²) >= 11 is 0. The van der Waals surface area contributed by atoms with E-state index in [1.807, 2.05) is 25.8 Å². The number of hydrogen-bond donors (Lipinski definition) is 0. The molecule has 31 heavy (non-hydrogen) atoms. The monoisotopic (exact) mass is 418 g/mol. The molecule has 0 N–H and O–H groups in total. The Morgan fingerprint density at radius 3 is 2.39 bits per heavy atom. The number of non-ortho nitro benzene ring substituents is 2. The van der Waals surface area contributed by atoms with Crippen molar-refractivity contribution >= 4 is 39.7 Å². The standard InChI is InChI=1S/C22H18N4O5/c1-21(2)16-10-13(25(27)28)8-9-17(16)24(3)22(21)12-23-20-15-7-5-4-6-14(15)18(26(29)30)11-19(20)31-22/h4-12H,1-3H3. The number of benzene rings is 3. The lowest BCUT2D eigenvalue weighted by molar-refractivity contribution is -0.384. The number of fused-ring (bicyclic) bond motifs is 4. The third-order valence-corrected chi connectivity index (χ3v) is 6.41. The average molecular weight is 418 g/mol. The van der Waals surface area contributed by atoms with Crippen LogP contribution in [-0.4, -0.2) is 28.8 Å². The van der Waals surface area contributed by atoms with E-state index in [0.29, 0.717) is 22.2 Å². The van der Waals surface area contributed by atoms with E-state index in [-0.39, 0.29) is 11.4 Å². The topological polar surface area (TPSA) is 111 Å². The molecule has 1 unspecified atom stereocenters. The fraction of sp³-hybridized carbons (Fsp3) is 0.227. The van der Waals surface area contributed by atoms with Crippen LogP contribution in [-0.2, 0) is 5.41 Å². The van der Waals surface area contributed by atoms with Crippen LogP contribution in [0.3, 0.4) is 0 Å². The van der Waals surface area contributed by atoms with Gasteiger partial charge in [0.25, 0.3) is 11.4 Å². The molecule has 5 rings (SSSR count). The summed E-state index contributed by atoms with van der Waals surface area (Å²) in [4.78, 5) is 28.8. The second kappa shape index (κ2) is 6.00. The molecule has 0 aromatic heterocycles. The van der Waals surface area contributed by atoms with Gasteiger partial charge in [-0.2, -0.15) is 0 Å². The number of nitro groups is 2. The van der Waals surface area contributed by atoms with Crippen LogP contribution < -0.4 is 9.64 Å². The molecule has 2 aliphatic rings. The highest BCUT2D eigenvalue weighted by molar-refractivity contribution is 6.04. The first-order chi connectivity index (χ1) is 14.7. The molecule has 0 amide bonds. The Hall–Kier alpha value is -4.01. The van der Waals surface area contributed by atoms with E-state index in [1.54, 1.807) is 42.6 Å². The lowest BCUT2D eigenvalue weighted by Crippen LogP contribution is -2.61. The minimum Gasteiger partial charge on any atom is -0.459 e. The Morgan fingerprint density at radius 2 is 1.71 bits per heavy atom. The minimum atomic E-state index is -1.10. The molecule has 1 spiro atoms. The van der Waals surface area contributed by atoms with E-state index in [9.17, 15) is 20.2 Å². The van der Waals surface area contributed by atoms with E-state index in [4.69, 9.17) is 9.73 Å². The Balaban J connectivity index is 1.72. The van der Waals surface area contributed by atoms with Crippen molar-refractivity contribution in [1.82, 2.24) is 0 Å². The molecule has 0 bridgehead atoms. The molecule has 3 aromatic carbocycles. The quantitative estimate of drug-likeness (QED) is 0.433. The smallest absolute Gasteiger partial charge is 0.281 e. The van der Waals surface area contributed by atoms with Gasteiger partial charge in [0.1, 0.15) is 5.69 Å². The van der Waals surface area contributed by atoms with Gasteiger partial charge in [0.2, 0.25) is 5.72 Å². The summed E-state index contributed by atoms with van der Waals surface area (Å²) in [5.41, 5.74) is 0.145. The van der Waals surface area contributed by atoms with Crippen molar-refractivity contribution in [3.63, 3.8) is 0 Å². The number of anilines is 1. The number of rotatable bonds is 2. The molecule has 0 aliphatic carbocycles. The second-order valence-electron chi connectivity index (χ2n) is 8.24. The highest BCUT2D eigenvalue weighted by atomic mass is 16.6. The highest BCUT2D eigenvalue weighted by Crippen LogP contribution is 2.55. The summed E-state index contributed by atoms with van der Waals surface area (Å²) in [7, 11) is 1.83. The van der Waals surface area contributed by atoms with Gasteiger partial charge >= 0.3 is 0 Å². The maximum Gasteiger partial charge on any atom is 0.281 e. The molecule has 0 fully saturated rings. The molecule has 9 heteroatoms. The Kier molecular flexibility index (Phi) is 3.68. The summed E-state index contributed by atoms with van der Waals surface area (Å²) in [5, 5.41) is 24.2. The number of likely N-dealkylation sites (N-methyl/N-ethyl adjacent to an activating group) is 1. The Labute approximate surface area is 176 Å². The van der Waals surface area contributed by atoms with Crippen LogP contribution in [0, 0.1) is 20.2 Å². The van der Waals surface area contributed by atoms with Crippen LogP contribution >= 0.6 is 0 Å². The molecule has 2 heterocycles. The van der Waals surface area contributed by atoms with Crippen molar-refractivity contribution in [3.8, 4) is 5.75 Å². The molecular formula is C22H18N4O5. The molecule has 3 aromatic rings. The first-order valence-corrected chi connectivity index (χ1v) is 9.64. The van der Waals surface area contributed by atoms with Crippen molar-refractivity contribution in [1.29, 1.82) is 0 Å². The second-order valence-corrected chi connectivity index (χ2v) is 8.24. The fourth-order valence-corrected chi connectivity index (χ4v) is 4.69. The Morgan fingerprint density at radius 1 is 1.00 bits per heavy atom. The van der Waals surface area contributed by atoms with E-state index in [1.165, 1.54) is 12.1 Å². The van der Waals surface area contributed by atoms with Crippen LogP contribution in [0.1, 0.15) is 19.4 Å². The zero-order valence-electron chi connectivity index (χ0n) is 17.0. The zero-order valence-corrected chi connectivity index (χ0v) is 17.0. The normalized spacial score (nSPS) is 20.4. The minimum absolute atomic E-state index is 0.00736. The van der Waals surface area contributed by atoms with Crippen molar-refractivity contribution in [2.24, 2.45) is 4.99 Å². The van der Waals surface area contributed by atoms with Gasteiger partial charge in [-0.15, -0.1) is 0 Å². The third-order valence-electron chi connectivity index (χ3n) is 6.41. The maximum atomic E-state index is 11.7. The molecule has 9 nitrogen and oxygen atoms in total.